The summed E-state index contributed by atoms with van der Waals surface area (Å²) >= 11 is 0. The van der Waals surface area contributed by atoms with Gasteiger partial charge in [0, 0.05) is 37.9 Å². The van der Waals surface area contributed by atoms with Crippen molar-refractivity contribution in [2.24, 2.45) is 5.92 Å². The number of rotatable bonds is 4. The lowest BCUT2D eigenvalue weighted by Crippen LogP contribution is -2.43. The molecule has 0 bridgehead atoms. The average Bonchev–Trinajstić information content (AvgIpc) is 2.68. The number of esters is 1. The van der Waals surface area contributed by atoms with Crippen LogP contribution in [0.4, 0.5) is 5.82 Å². The van der Waals surface area contributed by atoms with E-state index in [0.29, 0.717) is 25.3 Å². The molecule has 2 aliphatic rings. The third-order valence-corrected chi connectivity index (χ3v) is 5.00. The summed E-state index contributed by atoms with van der Waals surface area (Å²) in [6.45, 7) is 5.32. The molecule has 0 radical (unpaired) electrons. The molecule has 3 heterocycles. The van der Waals surface area contributed by atoms with Gasteiger partial charge in [0.05, 0.1) is 12.5 Å². The number of hydrogen-bond donors (Lipinski definition) is 0. The minimum atomic E-state index is -0.207. The van der Waals surface area contributed by atoms with Crippen molar-refractivity contribution < 1.29 is 14.3 Å². The Bertz CT molecular complexity index is 614. The van der Waals surface area contributed by atoms with Crippen molar-refractivity contribution in [3.8, 4) is 0 Å². The monoisotopic (exact) mass is 345 g/mol. The van der Waals surface area contributed by atoms with Crippen LogP contribution in [-0.2, 0) is 9.53 Å². The number of carbonyl (C=O) groups excluding carboxylic acids is 2. The Morgan fingerprint density at radius 2 is 2.00 bits per heavy atom. The Morgan fingerprint density at radius 1 is 1.20 bits per heavy atom. The van der Waals surface area contributed by atoms with Gasteiger partial charge >= 0.3 is 5.97 Å². The smallest absolute Gasteiger partial charge is 0.310 e. The summed E-state index contributed by atoms with van der Waals surface area (Å²) in [6, 6.07) is 3.66. The summed E-state index contributed by atoms with van der Waals surface area (Å²) in [5, 5.41) is 0. The van der Waals surface area contributed by atoms with Gasteiger partial charge in [0.2, 0.25) is 0 Å². The molecule has 0 saturated carbocycles. The molecular formula is C19H27N3O3. The van der Waals surface area contributed by atoms with Crippen molar-refractivity contribution >= 4 is 17.7 Å². The molecule has 1 atom stereocenters. The molecule has 136 valence electrons. The highest BCUT2D eigenvalue weighted by Crippen LogP contribution is 2.22. The van der Waals surface area contributed by atoms with Gasteiger partial charge in [0.1, 0.15) is 5.82 Å². The Kier molecular flexibility index (Phi) is 5.89. The first kappa shape index (κ1) is 17.7. The predicted molar refractivity (Wildman–Crippen MR) is 95.6 cm³/mol. The molecule has 6 nitrogen and oxygen atoms in total. The molecule has 1 aromatic heterocycles. The third-order valence-electron chi connectivity index (χ3n) is 5.00. The molecule has 1 aromatic rings. The highest BCUT2D eigenvalue weighted by molar-refractivity contribution is 5.95. The van der Waals surface area contributed by atoms with Crippen LogP contribution in [-0.4, -0.2) is 54.5 Å². The maximum atomic E-state index is 12.9. The first-order chi connectivity index (χ1) is 12.2. The Labute approximate surface area is 149 Å². The molecule has 2 aliphatic heterocycles. The highest BCUT2D eigenvalue weighted by Gasteiger charge is 2.30. The summed E-state index contributed by atoms with van der Waals surface area (Å²) < 4.78 is 5.12. The lowest BCUT2D eigenvalue weighted by Gasteiger charge is -2.32. The van der Waals surface area contributed by atoms with E-state index in [1.165, 1.54) is 19.3 Å². The van der Waals surface area contributed by atoms with E-state index in [1.807, 2.05) is 13.0 Å². The fraction of sp³-hybridized carbons (Fsp3) is 0.632. The Hall–Kier alpha value is -2.11. The summed E-state index contributed by atoms with van der Waals surface area (Å²) in [5.74, 6) is 0.462. The summed E-state index contributed by atoms with van der Waals surface area (Å²) in [6.07, 6.45) is 6.94. The van der Waals surface area contributed by atoms with Crippen molar-refractivity contribution in [1.29, 1.82) is 0 Å². The van der Waals surface area contributed by atoms with Crippen LogP contribution in [0.1, 0.15) is 49.4 Å². The Balaban J connectivity index is 1.68. The van der Waals surface area contributed by atoms with Gasteiger partial charge in [0.15, 0.2) is 0 Å². The first-order valence-electron chi connectivity index (χ1n) is 9.36. The second-order valence-corrected chi connectivity index (χ2v) is 6.79. The molecule has 0 spiro atoms. The zero-order valence-corrected chi connectivity index (χ0v) is 14.9. The summed E-state index contributed by atoms with van der Waals surface area (Å²) in [4.78, 5) is 33.3. The second kappa shape index (κ2) is 8.32. The molecule has 0 aliphatic carbocycles. The van der Waals surface area contributed by atoms with Gasteiger partial charge in [-0.05, 0) is 51.2 Å². The summed E-state index contributed by atoms with van der Waals surface area (Å²) in [5.41, 5.74) is 0.653. The minimum absolute atomic E-state index is 0.0188. The molecule has 0 aromatic carbocycles. The number of aromatic nitrogens is 1. The number of carbonyl (C=O) groups is 2. The fourth-order valence-corrected chi connectivity index (χ4v) is 3.64. The van der Waals surface area contributed by atoms with Gasteiger partial charge in [-0.3, -0.25) is 9.59 Å². The highest BCUT2D eigenvalue weighted by atomic mass is 16.5. The van der Waals surface area contributed by atoms with E-state index in [1.54, 1.807) is 17.2 Å². The van der Waals surface area contributed by atoms with Crippen molar-refractivity contribution in [2.45, 2.75) is 39.0 Å². The lowest BCUT2D eigenvalue weighted by molar-refractivity contribution is -0.149. The number of pyridine rings is 1. The van der Waals surface area contributed by atoms with E-state index in [4.69, 9.17) is 4.74 Å². The predicted octanol–water partition coefficient (Wildman–Crippen LogP) is 2.49. The van der Waals surface area contributed by atoms with Gasteiger partial charge in [-0.25, -0.2) is 4.98 Å². The molecule has 2 saturated heterocycles. The third kappa shape index (κ3) is 4.30. The van der Waals surface area contributed by atoms with E-state index in [9.17, 15) is 9.59 Å². The SMILES string of the molecule is CCOC(=O)C1CCCN(C(=O)c2ccnc(N3CCCCC3)c2)C1. The quantitative estimate of drug-likeness (QED) is 0.785. The van der Waals surface area contributed by atoms with Gasteiger partial charge in [-0.15, -0.1) is 0 Å². The normalized spacial score (nSPS) is 21.1. The summed E-state index contributed by atoms with van der Waals surface area (Å²) in [7, 11) is 0. The topological polar surface area (TPSA) is 62.7 Å². The van der Waals surface area contributed by atoms with Crippen LogP contribution >= 0.6 is 0 Å². The molecule has 1 unspecified atom stereocenters. The standard InChI is InChI=1S/C19H27N3O3/c1-2-25-19(24)16-7-6-12-22(14-16)18(23)15-8-9-20-17(13-15)21-10-4-3-5-11-21/h8-9,13,16H,2-7,10-12,14H2,1H3. The van der Waals surface area contributed by atoms with Gasteiger partial charge in [0.25, 0.3) is 5.91 Å². The van der Waals surface area contributed by atoms with Gasteiger partial charge in [-0.2, -0.15) is 0 Å². The van der Waals surface area contributed by atoms with Crippen LogP contribution in [0.3, 0.4) is 0 Å². The molecular weight excluding hydrogens is 318 g/mol. The largest absolute Gasteiger partial charge is 0.466 e. The molecule has 25 heavy (non-hydrogen) atoms. The van der Waals surface area contributed by atoms with E-state index < -0.39 is 0 Å². The van der Waals surface area contributed by atoms with Crippen molar-refractivity contribution in [2.75, 3.05) is 37.7 Å². The maximum absolute atomic E-state index is 12.9. The van der Waals surface area contributed by atoms with Crippen LogP contribution in [0, 0.1) is 5.92 Å². The number of ether oxygens (including phenoxy) is 1. The van der Waals surface area contributed by atoms with Crippen LogP contribution in [0.25, 0.3) is 0 Å². The number of amides is 1. The number of hydrogen-bond acceptors (Lipinski definition) is 5. The van der Waals surface area contributed by atoms with Gasteiger partial charge < -0.3 is 14.5 Å². The molecule has 6 heteroatoms. The van der Waals surface area contributed by atoms with E-state index >= 15 is 0 Å². The number of piperidine rings is 2. The van der Waals surface area contributed by atoms with Crippen LogP contribution in [0.15, 0.2) is 18.3 Å². The number of nitrogens with zero attached hydrogens (tertiary/aromatic N) is 3. The lowest BCUT2D eigenvalue weighted by atomic mass is 9.97. The average molecular weight is 345 g/mol. The van der Waals surface area contributed by atoms with Crippen molar-refractivity contribution in [1.82, 2.24) is 9.88 Å². The Morgan fingerprint density at radius 3 is 2.76 bits per heavy atom. The fourth-order valence-electron chi connectivity index (χ4n) is 3.64. The molecule has 1 amide bonds. The first-order valence-corrected chi connectivity index (χ1v) is 9.36. The van der Waals surface area contributed by atoms with Crippen molar-refractivity contribution in [3.05, 3.63) is 23.9 Å². The van der Waals surface area contributed by atoms with Crippen LogP contribution < -0.4 is 4.90 Å². The van der Waals surface area contributed by atoms with Crippen LogP contribution in [0.2, 0.25) is 0 Å². The number of anilines is 1. The maximum Gasteiger partial charge on any atom is 0.310 e. The zero-order chi connectivity index (χ0) is 17.6. The zero-order valence-electron chi connectivity index (χ0n) is 14.9. The van der Waals surface area contributed by atoms with Gasteiger partial charge in [-0.1, -0.05) is 0 Å². The second-order valence-electron chi connectivity index (χ2n) is 6.79. The molecule has 3 rings (SSSR count). The van der Waals surface area contributed by atoms with E-state index in [0.717, 1.165) is 31.7 Å². The van der Waals surface area contributed by atoms with E-state index in [-0.39, 0.29) is 17.8 Å². The van der Waals surface area contributed by atoms with E-state index in [2.05, 4.69) is 9.88 Å². The van der Waals surface area contributed by atoms with Crippen molar-refractivity contribution in [3.63, 3.8) is 0 Å². The van der Waals surface area contributed by atoms with Crippen LogP contribution in [0.5, 0.6) is 0 Å². The molecule has 0 N–H and O–H groups in total. The molecule has 2 fully saturated rings. The number of likely N-dealkylation sites (tertiary alicyclic amines) is 1. The minimum Gasteiger partial charge on any atom is -0.466 e.